The Morgan fingerprint density at radius 2 is 2.22 bits per heavy atom. The molecule has 0 fully saturated rings. The number of ether oxygens (including phenoxy) is 1. The average molecular weight is 281 g/mol. The highest BCUT2D eigenvalue weighted by Gasteiger charge is 2.31. The normalized spacial score (nSPS) is 11.2. The maximum atomic E-state index is 12.6. The van der Waals surface area contributed by atoms with Crippen molar-refractivity contribution in [1.29, 1.82) is 0 Å². The number of anilines is 1. The summed E-state index contributed by atoms with van der Waals surface area (Å²) in [5, 5.41) is 0.0307. The van der Waals surface area contributed by atoms with E-state index in [1.54, 1.807) is 0 Å². The highest BCUT2D eigenvalue weighted by Crippen LogP contribution is 2.32. The van der Waals surface area contributed by atoms with E-state index in [-0.39, 0.29) is 16.6 Å². The molecule has 0 aliphatic heterocycles. The molecule has 0 unspecified atom stereocenters. The van der Waals surface area contributed by atoms with Crippen LogP contribution in [-0.2, 0) is 15.7 Å². The standard InChI is InChI=1S/C9H10F3N3O2S/c1-17-8(16)4-18-7-3-5(9(10,11)12)2-6(14-7)15-13/h2-3H,4,13H2,1H3,(H,14,15). The molecule has 0 spiro atoms. The number of carbonyl (C=O) groups is 1. The second kappa shape index (κ2) is 5.91. The maximum absolute atomic E-state index is 12.6. The summed E-state index contributed by atoms with van der Waals surface area (Å²) in [5.41, 5.74) is 1.15. The number of nitrogen functional groups attached to an aromatic ring is 1. The first-order valence-corrected chi connectivity index (χ1v) is 5.61. The number of esters is 1. The fourth-order valence-corrected chi connectivity index (χ4v) is 1.77. The van der Waals surface area contributed by atoms with E-state index in [4.69, 9.17) is 5.84 Å². The SMILES string of the molecule is COC(=O)CSc1cc(C(F)(F)F)cc(NN)n1. The van der Waals surface area contributed by atoms with Gasteiger partial charge in [-0.1, -0.05) is 11.8 Å². The molecule has 9 heteroatoms. The first-order valence-electron chi connectivity index (χ1n) is 4.62. The third kappa shape index (κ3) is 4.08. The van der Waals surface area contributed by atoms with Crippen LogP contribution in [0.15, 0.2) is 17.2 Å². The molecule has 0 atom stereocenters. The van der Waals surface area contributed by atoms with Crippen molar-refractivity contribution in [2.45, 2.75) is 11.2 Å². The molecule has 0 aromatic carbocycles. The number of hydrogen-bond donors (Lipinski definition) is 2. The number of rotatable bonds is 4. The van der Waals surface area contributed by atoms with Crippen LogP contribution in [0.4, 0.5) is 19.0 Å². The van der Waals surface area contributed by atoms with Crippen LogP contribution in [0.5, 0.6) is 0 Å². The number of halogens is 3. The summed E-state index contributed by atoms with van der Waals surface area (Å²) in [7, 11) is 1.19. The van der Waals surface area contributed by atoms with E-state index in [9.17, 15) is 18.0 Å². The van der Waals surface area contributed by atoms with Crippen LogP contribution in [0, 0.1) is 0 Å². The van der Waals surface area contributed by atoms with Crippen molar-refractivity contribution in [3.63, 3.8) is 0 Å². The van der Waals surface area contributed by atoms with Crippen LogP contribution in [0.25, 0.3) is 0 Å². The largest absolute Gasteiger partial charge is 0.468 e. The van der Waals surface area contributed by atoms with Gasteiger partial charge in [0.25, 0.3) is 0 Å². The molecule has 0 aliphatic rings. The molecule has 0 saturated carbocycles. The van der Waals surface area contributed by atoms with Gasteiger partial charge < -0.3 is 10.2 Å². The predicted molar refractivity (Wildman–Crippen MR) is 59.8 cm³/mol. The van der Waals surface area contributed by atoms with E-state index in [2.05, 4.69) is 9.72 Å². The minimum atomic E-state index is -4.50. The summed E-state index contributed by atoms with van der Waals surface area (Å²) in [4.78, 5) is 14.7. The van der Waals surface area contributed by atoms with Crippen molar-refractivity contribution in [3.8, 4) is 0 Å². The van der Waals surface area contributed by atoms with Gasteiger partial charge in [0.1, 0.15) is 5.82 Å². The lowest BCUT2D eigenvalue weighted by Crippen LogP contribution is -2.12. The Morgan fingerprint density at radius 1 is 1.56 bits per heavy atom. The monoisotopic (exact) mass is 281 g/mol. The number of carbonyl (C=O) groups excluding carboxylic acids is 1. The summed E-state index contributed by atoms with van der Waals surface area (Å²) < 4.78 is 42.0. The van der Waals surface area contributed by atoms with Gasteiger partial charge in [-0.3, -0.25) is 4.79 Å². The van der Waals surface area contributed by atoms with E-state index in [0.29, 0.717) is 0 Å². The number of methoxy groups -OCH3 is 1. The van der Waals surface area contributed by atoms with Gasteiger partial charge in [-0.25, -0.2) is 10.8 Å². The average Bonchev–Trinajstić information content (AvgIpc) is 2.34. The van der Waals surface area contributed by atoms with Gasteiger partial charge in [0, 0.05) is 0 Å². The molecule has 0 radical (unpaired) electrons. The van der Waals surface area contributed by atoms with Crippen LogP contribution in [0.2, 0.25) is 0 Å². The maximum Gasteiger partial charge on any atom is 0.416 e. The topological polar surface area (TPSA) is 77.2 Å². The van der Waals surface area contributed by atoms with Gasteiger partial charge in [-0.2, -0.15) is 13.2 Å². The zero-order valence-electron chi connectivity index (χ0n) is 9.25. The lowest BCUT2D eigenvalue weighted by Gasteiger charge is -2.10. The van der Waals surface area contributed by atoms with E-state index in [1.807, 2.05) is 5.43 Å². The molecule has 1 aromatic rings. The molecule has 1 rings (SSSR count). The molecular formula is C9H10F3N3O2S. The van der Waals surface area contributed by atoms with Crippen LogP contribution in [-0.4, -0.2) is 23.8 Å². The second-order valence-electron chi connectivity index (χ2n) is 3.09. The summed E-state index contributed by atoms with van der Waals surface area (Å²) in [5.74, 6) is 4.22. The van der Waals surface area contributed by atoms with Gasteiger partial charge in [0.05, 0.1) is 23.5 Å². The van der Waals surface area contributed by atoms with Crippen LogP contribution in [0.3, 0.4) is 0 Å². The summed E-state index contributed by atoms with van der Waals surface area (Å²) in [6.07, 6.45) is -4.50. The number of thioether (sulfide) groups is 1. The Labute approximate surface area is 105 Å². The van der Waals surface area contributed by atoms with Crippen molar-refractivity contribution >= 4 is 23.5 Å². The zero-order valence-corrected chi connectivity index (χ0v) is 10.1. The number of nitrogens with zero attached hydrogens (tertiary/aromatic N) is 1. The van der Waals surface area contributed by atoms with Crippen LogP contribution in [0.1, 0.15) is 5.56 Å². The molecule has 0 amide bonds. The van der Waals surface area contributed by atoms with Gasteiger partial charge in [0.15, 0.2) is 0 Å². The van der Waals surface area contributed by atoms with Gasteiger partial charge >= 0.3 is 12.1 Å². The molecule has 100 valence electrons. The zero-order chi connectivity index (χ0) is 13.8. The Balaban J connectivity index is 2.94. The molecule has 0 bridgehead atoms. The van der Waals surface area contributed by atoms with Gasteiger partial charge in [-0.05, 0) is 12.1 Å². The molecule has 1 aromatic heterocycles. The minimum absolute atomic E-state index is 0.0307. The Hall–Kier alpha value is -1.48. The number of hydrazine groups is 1. The smallest absolute Gasteiger partial charge is 0.416 e. The third-order valence-corrected chi connectivity index (χ3v) is 2.73. The lowest BCUT2D eigenvalue weighted by molar-refractivity contribution is -0.138. The number of alkyl halides is 3. The highest BCUT2D eigenvalue weighted by molar-refractivity contribution is 7.99. The number of hydrogen-bond acceptors (Lipinski definition) is 6. The van der Waals surface area contributed by atoms with Crippen LogP contribution >= 0.6 is 11.8 Å². The minimum Gasteiger partial charge on any atom is -0.468 e. The van der Waals surface area contributed by atoms with Crippen molar-refractivity contribution in [2.24, 2.45) is 5.84 Å². The Morgan fingerprint density at radius 3 is 2.72 bits per heavy atom. The van der Waals surface area contributed by atoms with Crippen molar-refractivity contribution in [1.82, 2.24) is 4.98 Å². The molecule has 5 nitrogen and oxygen atoms in total. The first-order chi connectivity index (χ1) is 8.36. The Bertz CT molecular complexity index is 440. The van der Waals surface area contributed by atoms with E-state index >= 15 is 0 Å². The summed E-state index contributed by atoms with van der Waals surface area (Å²) >= 11 is 0.832. The molecule has 3 N–H and O–H groups in total. The number of nitrogens with two attached hydrogens (primary N) is 1. The number of aromatic nitrogens is 1. The summed E-state index contributed by atoms with van der Waals surface area (Å²) in [6, 6.07) is 1.62. The third-order valence-electron chi connectivity index (χ3n) is 1.84. The lowest BCUT2D eigenvalue weighted by atomic mass is 10.2. The number of pyridine rings is 1. The molecular weight excluding hydrogens is 271 g/mol. The number of nitrogens with one attached hydrogen (secondary N) is 1. The second-order valence-corrected chi connectivity index (χ2v) is 4.08. The Kier molecular flexibility index (Phi) is 4.79. The van der Waals surface area contributed by atoms with Crippen molar-refractivity contribution in [3.05, 3.63) is 17.7 Å². The van der Waals surface area contributed by atoms with Gasteiger partial charge in [0.2, 0.25) is 0 Å². The van der Waals surface area contributed by atoms with E-state index in [1.165, 1.54) is 7.11 Å². The fourth-order valence-electron chi connectivity index (χ4n) is 1.01. The predicted octanol–water partition coefficient (Wildman–Crippen LogP) is 1.65. The summed E-state index contributed by atoms with van der Waals surface area (Å²) in [6.45, 7) is 0. The van der Waals surface area contributed by atoms with Crippen molar-refractivity contribution in [2.75, 3.05) is 18.3 Å². The molecule has 0 saturated heterocycles. The van der Waals surface area contributed by atoms with Crippen LogP contribution < -0.4 is 11.3 Å². The first kappa shape index (κ1) is 14.6. The highest BCUT2D eigenvalue weighted by atomic mass is 32.2. The quantitative estimate of drug-likeness (QED) is 0.378. The molecule has 0 aliphatic carbocycles. The van der Waals surface area contributed by atoms with Crippen molar-refractivity contribution < 1.29 is 22.7 Å². The van der Waals surface area contributed by atoms with Gasteiger partial charge in [-0.15, -0.1) is 0 Å². The fraction of sp³-hybridized carbons (Fsp3) is 0.333. The molecule has 1 heterocycles. The van der Waals surface area contributed by atoms with E-state index < -0.39 is 17.7 Å². The van der Waals surface area contributed by atoms with E-state index in [0.717, 1.165) is 23.9 Å². The molecule has 18 heavy (non-hydrogen) atoms.